The standard InChI is InChI=1S/C26H19ClN4O7/c1-15-5-8-18(9-6-15)28-23(32)14-38-22-10-7-17(27)11-16(22)12-21-24(33)29-26(35)30(25(21)34)19-3-2-4-20(13-19)31(36)37/h2-13H,14H2,1H3,(H,28,32)(H,29,33,35)/b21-12+. The van der Waals surface area contributed by atoms with Crippen molar-refractivity contribution in [3.05, 3.63) is 98.6 Å². The normalized spacial score (nSPS) is 14.3. The molecule has 0 aromatic heterocycles. The maximum Gasteiger partial charge on any atom is 0.335 e. The minimum atomic E-state index is -1.06. The number of nitrogens with one attached hydrogen (secondary N) is 2. The zero-order valence-electron chi connectivity index (χ0n) is 19.8. The highest BCUT2D eigenvalue weighted by Crippen LogP contribution is 2.29. The first-order chi connectivity index (χ1) is 18.1. The fourth-order valence-electron chi connectivity index (χ4n) is 3.53. The fraction of sp³-hybridized carbons (Fsp3) is 0.0769. The zero-order chi connectivity index (χ0) is 27.4. The molecule has 1 aliphatic rings. The summed E-state index contributed by atoms with van der Waals surface area (Å²) in [7, 11) is 0. The lowest BCUT2D eigenvalue weighted by Gasteiger charge is -2.26. The molecule has 4 rings (SSSR count). The highest BCUT2D eigenvalue weighted by molar-refractivity contribution is 6.39. The van der Waals surface area contributed by atoms with Crippen molar-refractivity contribution in [2.45, 2.75) is 6.92 Å². The van der Waals surface area contributed by atoms with E-state index in [1.807, 2.05) is 24.4 Å². The second-order valence-electron chi connectivity index (χ2n) is 8.12. The van der Waals surface area contributed by atoms with Crippen molar-refractivity contribution >= 4 is 58.5 Å². The van der Waals surface area contributed by atoms with Gasteiger partial charge >= 0.3 is 6.03 Å². The van der Waals surface area contributed by atoms with E-state index >= 15 is 0 Å². The molecule has 0 bridgehead atoms. The van der Waals surface area contributed by atoms with Gasteiger partial charge in [-0.2, -0.15) is 0 Å². The van der Waals surface area contributed by atoms with Gasteiger partial charge in [-0.25, -0.2) is 9.69 Å². The first kappa shape index (κ1) is 26.0. The summed E-state index contributed by atoms with van der Waals surface area (Å²) in [5, 5.41) is 16.1. The van der Waals surface area contributed by atoms with Gasteiger partial charge in [-0.3, -0.25) is 29.8 Å². The van der Waals surface area contributed by atoms with Crippen LogP contribution in [0.1, 0.15) is 11.1 Å². The average Bonchev–Trinajstić information content (AvgIpc) is 2.87. The van der Waals surface area contributed by atoms with E-state index in [0.29, 0.717) is 10.6 Å². The maximum atomic E-state index is 13.2. The van der Waals surface area contributed by atoms with Crippen molar-refractivity contribution in [1.82, 2.24) is 5.32 Å². The molecule has 0 aliphatic carbocycles. The molecule has 0 atom stereocenters. The van der Waals surface area contributed by atoms with Crippen molar-refractivity contribution in [2.75, 3.05) is 16.8 Å². The lowest BCUT2D eigenvalue weighted by atomic mass is 10.1. The van der Waals surface area contributed by atoms with Crippen LogP contribution in [0.15, 0.2) is 72.3 Å². The summed E-state index contributed by atoms with van der Waals surface area (Å²) >= 11 is 6.11. The number of halogens is 1. The van der Waals surface area contributed by atoms with E-state index in [1.165, 1.54) is 36.4 Å². The molecule has 38 heavy (non-hydrogen) atoms. The Morgan fingerprint density at radius 3 is 2.55 bits per heavy atom. The third kappa shape index (κ3) is 5.85. The van der Waals surface area contributed by atoms with Crippen LogP contribution in [0.5, 0.6) is 5.75 Å². The number of hydrogen-bond acceptors (Lipinski definition) is 7. The molecule has 3 aromatic carbocycles. The van der Waals surface area contributed by atoms with Gasteiger partial charge in [-0.15, -0.1) is 0 Å². The molecule has 192 valence electrons. The summed E-state index contributed by atoms with van der Waals surface area (Å²) in [6, 6.07) is 15.3. The topological polar surface area (TPSA) is 148 Å². The van der Waals surface area contributed by atoms with E-state index in [0.717, 1.165) is 17.7 Å². The molecular formula is C26H19ClN4O7. The van der Waals surface area contributed by atoms with E-state index in [9.17, 15) is 29.3 Å². The minimum absolute atomic E-state index is 0.101. The Morgan fingerprint density at radius 2 is 1.84 bits per heavy atom. The zero-order valence-corrected chi connectivity index (χ0v) is 20.5. The second-order valence-corrected chi connectivity index (χ2v) is 8.56. The van der Waals surface area contributed by atoms with Crippen LogP contribution >= 0.6 is 11.6 Å². The molecule has 0 spiro atoms. The molecule has 12 heteroatoms. The molecule has 1 saturated heterocycles. The number of urea groups is 1. The van der Waals surface area contributed by atoms with Crippen LogP contribution in [-0.4, -0.2) is 35.3 Å². The van der Waals surface area contributed by atoms with E-state index in [4.69, 9.17) is 16.3 Å². The van der Waals surface area contributed by atoms with Crippen LogP contribution in [0.4, 0.5) is 21.9 Å². The van der Waals surface area contributed by atoms with Crippen molar-refractivity contribution in [3.8, 4) is 5.75 Å². The molecule has 11 nitrogen and oxygen atoms in total. The third-order valence-electron chi connectivity index (χ3n) is 5.37. The molecule has 1 fully saturated rings. The van der Waals surface area contributed by atoms with E-state index in [2.05, 4.69) is 5.32 Å². The molecule has 0 unspecified atom stereocenters. The van der Waals surface area contributed by atoms with Crippen LogP contribution in [0.3, 0.4) is 0 Å². The van der Waals surface area contributed by atoms with Crippen LogP contribution < -0.4 is 20.3 Å². The number of barbiturate groups is 1. The Kier molecular flexibility index (Phi) is 7.49. The number of benzene rings is 3. The molecule has 5 amide bonds. The van der Waals surface area contributed by atoms with Crippen molar-refractivity contribution < 1.29 is 28.8 Å². The number of nitro benzene ring substituents is 1. The molecule has 2 N–H and O–H groups in total. The molecule has 0 radical (unpaired) electrons. The Labute approximate surface area is 220 Å². The largest absolute Gasteiger partial charge is 0.483 e. The van der Waals surface area contributed by atoms with Crippen molar-refractivity contribution in [1.29, 1.82) is 0 Å². The predicted octanol–water partition coefficient (Wildman–Crippen LogP) is 4.24. The van der Waals surface area contributed by atoms with Gasteiger partial charge in [0.1, 0.15) is 11.3 Å². The number of imide groups is 2. The fourth-order valence-corrected chi connectivity index (χ4v) is 3.71. The lowest BCUT2D eigenvalue weighted by Crippen LogP contribution is -2.54. The summed E-state index contributed by atoms with van der Waals surface area (Å²) in [5.74, 6) is -2.30. The number of nitro groups is 1. The van der Waals surface area contributed by atoms with Gasteiger partial charge in [0, 0.05) is 28.4 Å². The number of carbonyl (C=O) groups excluding carboxylic acids is 4. The number of nitrogens with zero attached hydrogens (tertiary/aromatic N) is 2. The van der Waals surface area contributed by atoms with Gasteiger partial charge in [0.2, 0.25) is 0 Å². The van der Waals surface area contributed by atoms with E-state index in [-0.39, 0.29) is 34.3 Å². The number of anilines is 2. The first-order valence-electron chi connectivity index (χ1n) is 11.1. The molecule has 3 aromatic rings. The lowest BCUT2D eigenvalue weighted by molar-refractivity contribution is -0.384. The monoisotopic (exact) mass is 534 g/mol. The number of rotatable bonds is 7. The minimum Gasteiger partial charge on any atom is -0.483 e. The van der Waals surface area contributed by atoms with Crippen molar-refractivity contribution in [2.24, 2.45) is 0 Å². The Morgan fingerprint density at radius 1 is 1.11 bits per heavy atom. The van der Waals surface area contributed by atoms with Crippen LogP contribution in [0.2, 0.25) is 5.02 Å². The highest BCUT2D eigenvalue weighted by atomic mass is 35.5. The number of non-ortho nitro benzene ring substituents is 1. The average molecular weight is 535 g/mol. The molecule has 1 aliphatic heterocycles. The summed E-state index contributed by atoms with van der Waals surface area (Å²) in [4.78, 5) is 61.6. The number of carbonyl (C=O) groups is 4. The number of hydrogen-bond donors (Lipinski definition) is 2. The summed E-state index contributed by atoms with van der Waals surface area (Å²) in [6.45, 7) is 1.53. The van der Waals surface area contributed by atoms with Crippen LogP contribution in [-0.2, 0) is 14.4 Å². The van der Waals surface area contributed by atoms with Crippen LogP contribution in [0, 0.1) is 17.0 Å². The van der Waals surface area contributed by atoms with Gasteiger partial charge in [-0.05, 0) is 49.4 Å². The quantitative estimate of drug-likeness (QED) is 0.199. The van der Waals surface area contributed by atoms with E-state index < -0.39 is 34.2 Å². The predicted molar refractivity (Wildman–Crippen MR) is 139 cm³/mol. The molecular weight excluding hydrogens is 516 g/mol. The molecule has 1 heterocycles. The first-order valence-corrected chi connectivity index (χ1v) is 11.4. The van der Waals surface area contributed by atoms with Gasteiger partial charge < -0.3 is 10.1 Å². The maximum absolute atomic E-state index is 13.2. The number of amides is 5. The Bertz CT molecular complexity index is 1500. The smallest absolute Gasteiger partial charge is 0.335 e. The van der Waals surface area contributed by atoms with Gasteiger partial charge in [0.15, 0.2) is 6.61 Å². The van der Waals surface area contributed by atoms with Gasteiger partial charge in [-0.1, -0.05) is 35.4 Å². The summed E-state index contributed by atoms with van der Waals surface area (Å²) in [5.41, 5.74) is 0.901. The number of ether oxygens (including phenoxy) is 1. The van der Waals surface area contributed by atoms with Crippen LogP contribution in [0.25, 0.3) is 6.08 Å². The summed E-state index contributed by atoms with van der Waals surface area (Å²) < 4.78 is 5.62. The summed E-state index contributed by atoms with van der Waals surface area (Å²) in [6.07, 6.45) is 1.16. The van der Waals surface area contributed by atoms with Crippen molar-refractivity contribution in [3.63, 3.8) is 0 Å². The molecule has 0 saturated carbocycles. The highest BCUT2D eigenvalue weighted by Gasteiger charge is 2.37. The van der Waals surface area contributed by atoms with E-state index in [1.54, 1.807) is 12.1 Å². The Balaban J connectivity index is 1.59. The number of aryl methyl sites for hydroxylation is 1. The second kappa shape index (κ2) is 10.9. The SMILES string of the molecule is Cc1ccc(NC(=O)COc2ccc(Cl)cc2/C=C2\C(=O)NC(=O)N(c3cccc([N+](=O)[O-])c3)C2=O)cc1. The third-order valence-corrected chi connectivity index (χ3v) is 5.60. The Hall–Kier alpha value is -5.03. The van der Waals surface area contributed by atoms with Gasteiger partial charge in [0.05, 0.1) is 10.6 Å². The van der Waals surface area contributed by atoms with Gasteiger partial charge in [0.25, 0.3) is 23.4 Å².